The van der Waals surface area contributed by atoms with E-state index in [-0.39, 0.29) is 10.3 Å². The van der Waals surface area contributed by atoms with Crippen LogP contribution < -0.4 is 9.21 Å². The van der Waals surface area contributed by atoms with Crippen molar-refractivity contribution in [1.82, 2.24) is 9.55 Å². The van der Waals surface area contributed by atoms with Gasteiger partial charge in [0.05, 0.1) is 34.8 Å². The highest BCUT2D eigenvalue weighted by molar-refractivity contribution is 7.92. The van der Waals surface area contributed by atoms with Crippen LogP contribution in [0, 0.1) is 5.92 Å². The van der Waals surface area contributed by atoms with Gasteiger partial charge in [0.25, 0.3) is 10.0 Å². The molecule has 2 aromatic carbocycles. The number of ether oxygens (including phenoxy) is 1. The van der Waals surface area contributed by atoms with Crippen LogP contribution in [0.2, 0.25) is 0 Å². The first-order chi connectivity index (χ1) is 17.6. The third-order valence-electron chi connectivity index (χ3n) is 7.80. The zero-order chi connectivity index (χ0) is 26.2. The van der Waals surface area contributed by atoms with Crippen LogP contribution in [-0.2, 0) is 26.7 Å². The third kappa shape index (κ3) is 5.36. The summed E-state index contributed by atoms with van der Waals surface area (Å²) in [4.78, 5) is 7.54. The standard InChI is InChI=1S/C29H40N4O3S/c1-29(2,3)28-30-26-20-24(12-15-27(26)33(28)21-22-8-6-5-7-9-22)31(4)37(34,35)25-13-10-23(11-14-25)32-16-18-36-19-17-32/h10-15,20,22H,5-9,16-19,21H2,1-4H3. The number of benzene rings is 2. The SMILES string of the molecule is CN(c1ccc2c(c1)nc(C(C)(C)C)n2CC1CCCCC1)S(=O)(=O)c1ccc(N2CCOCC2)cc1. The van der Waals surface area contributed by atoms with Gasteiger partial charge in [-0.05, 0) is 61.2 Å². The fraction of sp³-hybridized carbons (Fsp3) is 0.552. The summed E-state index contributed by atoms with van der Waals surface area (Å²) in [5, 5.41) is 0. The first kappa shape index (κ1) is 26.0. The number of aromatic nitrogens is 2. The van der Waals surface area contributed by atoms with Crippen molar-refractivity contribution in [2.24, 2.45) is 5.92 Å². The number of anilines is 2. The van der Waals surface area contributed by atoms with Gasteiger partial charge in [-0.25, -0.2) is 13.4 Å². The summed E-state index contributed by atoms with van der Waals surface area (Å²) in [6, 6.07) is 13.0. The van der Waals surface area contributed by atoms with Crippen LogP contribution in [0.1, 0.15) is 58.7 Å². The van der Waals surface area contributed by atoms with Gasteiger partial charge < -0.3 is 14.2 Å². The average molecular weight is 525 g/mol. The zero-order valence-corrected chi connectivity index (χ0v) is 23.4. The Balaban J connectivity index is 1.43. The zero-order valence-electron chi connectivity index (χ0n) is 22.6. The second kappa shape index (κ2) is 10.3. The Morgan fingerprint density at radius 1 is 1.00 bits per heavy atom. The van der Waals surface area contributed by atoms with Gasteiger partial charge in [-0.1, -0.05) is 40.0 Å². The molecule has 7 nitrogen and oxygen atoms in total. The van der Waals surface area contributed by atoms with E-state index in [1.165, 1.54) is 36.4 Å². The van der Waals surface area contributed by atoms with Crippen LogP contribution in [0.15, 0.2) is 47.4 Å². The molecule has 1 saturated carbocycles. The molecule has 0 unspecified atom stereocenters. The second-order valence-electron chi connectivity index (χ2n) is 11.5. The molecule has 5 rings (SSSR count). The summed E-state index contributed by atoms with van der Waals surface area (Å²) in [5.74, 6) is 1.74. The van der Waals surface area contributed by atoms with E-state index in [2.05, 4.69) is 30.2 Å². The van der Waals surface area contributed by atoms with Gasteiger partial charge in [-0.2, -0.15) is 0 Å². The number of fused-ring (bicyclic) bond motifs is 1. The Labute approximate surface area is 221 Å². The maximum Gasteiger partial charge on any atom is 0.264 e. The highest BCUT2D eigenvalue weighted by Gasteiger charge is 2.27. The molecule has 3 aromatic rings. The van der Waals surface area contributed by atoms with Gasteiger partial charge in [-0.3, -0.25) is 4.31 Å². The van der Waals surface area contributed by atoms with E-state index in [4.69, 9.17) is 9.72 Å². The van der Waals surface area contributed by atoms with Gasteiger partial charge in [0, 0.05) is 37.8 Å². The Morgan fingerprint density at radius 2 is 1.68 bits per heavy atom. The molecule has 2 aliphatic rings. The molecule has 1 aromatic heterocycles. The van der Waals surface area contributed by atoms with Crippen LogP contribution in [0.25, 0.3) is 11.0 Å². The summed E-state index contributed by atoms with van der Waals surface area (Å²) in [5.41, 5.74) is 3.47. The van der Waals surface area contributed by atoms with E-state index >= 15 is 0 Å². The van der Waals surface area contributed by atoms with Crippen molar-refractivity contribution in [3.8, 4) is 0 Å². The van der Waals surface area contributed by atoms with Gasteiger partial charge in [0.1, 0.15) is 5.82 Å². The Bertz CT molecular complexity index is 1330. The fourth-order valence-corrected chi connectivity index (χ4v) is 6.83. The first-order valence-electron chi connectivity index (χ1n) is 13.6. The number of hydrogen-bond donors (Lipinski definition) is 0. The Kier molecular flexibility index (Phi) is 7.24. The first-order valence-corrected chi connectivity index (χ1v) is 15.0. The molecule has 2 heterocycles. The molecule has 1 aliphatic carbocycles. The summed E-state index contributed by atoms with van der Waals surface area (Å²) in [6.07, 6.45) is 6.50. The quantitative estimate of drug-likeness (QED) is 0.421. The lowest BCUT2D eigenvalue weighted by atomic mass is 9.88. The minimum Gasteiger partial charge on any atom is -0.378 e. The molecule has 1 saturated heterocycles. The van der Waals surface area contributed by atoms with Crippen molar-refractivity contribution in [3.05, 3.63) is 48.3 Å². The maximum absolute atomic E-state index is 13.5. The summed E-state index contributed by atoms with van der Waals surface area (Å²) in [6.45, 7) is 10.6. The second-order valence-corrected chi connectivity index (χ2v) is 13.5. The number of hydrogen-bond acceptors (Lipinski definition) is 5. The molecule has 0 atom stereocenters. The maximum atomic E-state index is 13.5. The molecule has 2 fully saturated rings. The van der Waals surface area contributed by atoms with Gasteiger partial charge in [-0.15, -0.1) is 0 Å². The summed E-state index contributed by atoms with van der Waals surface area (Å²) < 4.78 is 36.2. The number of imidazole rings is 1. The molecule has 0 bridgehead atoms. The number of sulfonamides is 1. The summed E-state index contributed by atoms with van der Waals surface area (Å²) in [7, 11) is -2.09. The minimum atomic E-state index is -3.71. The predicted octanol–water partition coefficient (Wildman–Crippen LogP) is 5.58. The van der Waals surface area contributed by atoms with Crippen molar-refractivity contribution < 1.29 is 13.2 Å². The molecule has 8 heteroatoms. The average Bonchev–Trinajstić information content (AvgIpc) is 3.27. The van der Waals surface area contributed by atoms with Crippen LogP contribution in [0.3, 0.4) is 0 Å². The van der Waals surface area contributed by atoms with Crippen LogP contribution in [-0.4, -0.2) is 51.3 Å². The molecule has 0 N–H and O–H groups in total. The van der Waals surface area contributed by atoms with Crippen LogP contribution >= 0.6 is 0 Å². The normalized spacial score (nSPS) is 17.9. The minimum absolute atomic E-state index is 0.103. The fourth-order valence-electron chi connectivity index (χ4n) is 5.65. The van der Waals surface area contributed by atoms with Crippen molar-refractivity contribution in [3.63, 3.8) is 0 Å². The van der Waals surface area contributed by atoms with Crippen LogP contribution in [0.4, 0.5) is 11.4 Å². The van der Waals surface area contributed by atoms with Gasteiger partial charge >= 0.3 is 0 Å². The monoisotopic (exact) mass is 524 g/mol. The van der Waals surface area contributed by atoms with Gasteiger partial charge in [0.2, 0.25) is 0 Å². The third-order valence-corrected chi connectivity index (χ3v) is 9.60. The number of nitrogens with zero attached hydrogens (tertiary/aromatic N) is 4. The predicted molar refractivity (Wildman–Crippen MR) is 150 cm³/mol. The Hall–Kier alpha value is -2.58. The molecule has 0 spiro atoms. The van der Waals surface area contributed by atoms with E-state index in [0.29, 0.717) is 24.8 Å². The highest BCUT2D eigenvalue weighted by atomic mass is 32.2. The number of rotatable bonds is 6. The van der Waals surface area contributed by atoms with Crippen LogP contribution in [0.5, 0.6) is 0 Å². The van der Waals surface area contributed by atoms with E-state index in [0.717, 1.165) is 42.2 Å². The topological polar surface area (TPSA) is 67.7 Å². The number of morpholine rings is 1. The lowest BCUT2D eigenvalue weighted by molar-refractivity contribution is 0.122. The lowest BCUT2D eigenvalue weighted by Crippen LogP contribution is -2.36. The van der Waals surface area contributed by atoms with Crippen molar-refractivity contribution >= 4 is 32.4 Å². The van der Waals surface area contributed by atoms with E-state index < -0.39 is 10.0 Å². The Morgan fingerprint density at radius 3 is 2.32 bits per heavy atom. The van der Waals surface area contributed by atoms with E-state index in [9.17, 15) is 8.42 Å². The smallest absolute Gasteiger partial charge is 0.264 e. The molecular formula is C29H40N4O3S. The van der Waals surface area contributed by atoms with Crippen molar-refractivity contribution in [2.45, 2.75) is 69.7 Å². The lowest BCUT2D eigenvalue weighted by Gasteiger charge is -2.29. The molecule has 1 aliphatic heterocycles. The van der Waals surface area contributed by atoms with Crippen molar-refractivity contribution in [2.75, 3.05) is 42.6 Å². The summed E-state index contributed by atoms with van der Waals surface area (Å²) >= 11 is 0. The molecule has 0 amide bonds. The molecule has 37 heavy (non-hydrogen) atoms. The molecule has 200 valence electrons. The largest absolute Gasteiger partial charge is 0.378 e. The van der Waals surface area contributed by atoms with Crippen molar-refractivity contribution in [1.29, 1.82) is 0 Å². The highest BCUT2D eigenvalue weighted by Crippen LogP contribution is 2.33. The van der Waals surface area contributed by atoms with E-state index in [1.54, 1.807) is 19.2 Å². The molecule has 0 radical (unpaired) electrons. The van der Waals surface area contributed by atoms with E-state index in [1.807, 2.05) is 30.3 Å². The van der Waals surface area contributed by atoms with Gasteiger partial charge in [0.15, 0.2) is 0 Å². The molecular weight excluding hydrogens is 484 g/mol.